The van der Waals surface area contributed by atoms with Crippen LogP contribution in [0.3, 0.4) is 0 Å². The summed E-state index contributed by atoms with van der Waals surface area (Å²) in [4.78, 5) is 0. The molecule has 16 heavy (non-hydrogen) atoms. The molecule has 1 N–H and O–H groups in total. The van der Waals surface area contributed by atoms with E-state index >= 15 is 0 Å². The normalized spacial score (nSPS) is 10.9. The van der Waals surface area contributed by atoms with E-state index < -0.39 is 0 Å². The topological polar surface area (TPSA) is 29.3 Å². The zero-order chi connectivity index (χ0) is 11.4. The molecular weight excluding hydrogens is 222 g/mol. The molecule has 0 aliphatic rings. The van der Waals surface area contributed by atoms with E-state index in [1.54, 1.807) is 6.21 Å². The van der Waals surface area contributed by atoms with Gasteiger partial charge in [-0.25, -0.2) is 0 Å². The zero-order valence-electron chi connectivity index (χ0n) is 8.89. The van der Waals surface area contributed by atoms with Crippen LogP contribution >= 0.6 is 11.6 Å². The van der Waals surface area contributed by atoms with Crippen molar-refractivity contribution >= 4 is 23.5 Å². The first-order valence-electron chi connectivity index (χ1n) is 4.92. The van der Waals surface area contributed by atoms with Crippen molar-refractivity contribution in [3.05, 3.63) is 53.3 Å². The molecule has 0 fully saturated rings. The van der Waals surface area contributed by atoms with Crippen molar-refractivity contribution in [2.24, 2.45) is 12.1 Å². The maximum absolute atomic E-state index is 5.78. The number of benzene rings is 1. The maximum atomic E-state index is 5.78. The third-order valence-electron chi connectivity index (χ3n) is 2.22. The molecule has 2 aromatic rings. The lowest BCUT2D eigenvalue weighted by Gasteiger charge is -2.00. The molecule has 0 spiro atoms. The number of hydrogen-bond donors (Lipinski definition) is 1. The smallest absolute Gasteiger partial charge is 0.0709 e. The SMILES string of the molecule is Cn1cccc1/C=N/Nc1ccc(Cl)cc1. The third kappa shape index (κ3) is 2.64. The van der Waals surface area contributed by atoms with Gasteiger partial charge >= 0.3 is 0 Å². The Morgan fingerprint density at radius 1 is 1.25 bits per heavy atom. The van der Waals surface area contributed by atoms with Crippen molar-refractivity contribution < 1.29 is 0 Å². The van der Waals surface area contributed by atoms with Crippen molar-refractivity contribution in [2.45, 2.75) is 0 Å². The second-order valence-electron chi connectivity index (χ2n) is 3.42. The highest BCUT2D eigenvalue weighted by molar-refractivity contribution is 6.30. The van der Waals surface area contributed by atoms with E-state index in [1.807, 2.05) is 54.2 Å². The number of anilines is 1. The third-order valence-corrected chi connectivity index (χ3v) is 2.47. The Kier molecular flexibility index (Phi) is 3.27. The van der Waals surface area contributed by atoms with Crippen LogP contribution < -0.4 is 5.43 Å². The highest BCUT2D eigenvalue weighted by Gasteiger charge is 1.92. The van der Waals surface area contributed by atoms with Crippen LogP contribution in [0.4, 0.5) is 5.69 Å². The van der Waals surface area contributed by atoms with E-state index in [1.165, 1.54) is 0 Å². The van der Waals surface area contributed by atoms with Gasteiger partial charge in [0.1, 0.15) is 0 Å². The quantitative estimate of drug-likeness (QED) is 0.641. The van der Waals surface area contributed by atoms with Crippen molar-refractivity contribution in [1.29, 1.82) is 0 Å². The molecule has 0 aliphatic heterocycles. The summed E-state index contributed by atoms with van der Waals surface area (Å²) in [7, 11) is 1.98. The van der Waals surface area contributed by atoms with Crippen LogP contribution in [0.2, 0.25) is 5.02 Å². The Labute approximate surface area is 99.4 Å². The van der Waals surface area contributed by atoms with Gasteiger partial charge in [-0.05, 0) is 36.4 Å². The molecule has 0 aliphatic carbocycles. The summed E-state index contributed by atoms with van der Waals surface area (Å²) in [5.74, 6) is 0. The fraction of sp³-hybridized carbons (Fsp3) is 0.0833. The average Bonchev–Trinajstić information content (AvgIpc) is 2.68. The molecular formula is C12H12ClN3. The Morgan fingerprint density at radius 2 is 2.00 bits per heavy atom. The van der Waals surface area contributed by atoms with Crippen LogP contribution in [-0.2, 0) is 7.05 Å². The number of aromatic nitrogens is 1. The Morgan fingerprint density at radius 3 is 2.62 bits per heavy atom. The summed E-state index contributed by atoms with van der Waals surface area (Å²) in [6, 6.07) is 11.4. The predicted octanol–water partition coefficient (Wildman–Crippen LogP) is 3.12. The predicted molar refractivity (Wildman–Crippen MR) is 68.1 cm³/mol. The van der Waals surface area contributed by atoms with Crippen molar-refractivity contribution in [2.75, 3.05) is 5.43 Å². The van der Waals surface area contributed by atoms with E-state index in [2.05, 4.69) is 10.5 Å². The molecule has 1 aromatic heterocycles. The van der Waals surface area contributed by atoms with Crippen LogP contribution in [0.1, 0.15) is 5.69 Å². The first-order chi connectivity index (χ1) is 7.75. The molecule has 1 heterocycles. The number of hydrazone groups is 1. The van der Waals surface area contributed by atoms with Gasteiger partial charge < -0.3 is 4.57 Å². The lowest BCUT2D eigenvalue weighted by Crippen LogP contribution is -1.95. The Bertz CT molecular complexity index is 485. The summed E-state index contributed by atoms with van der Waals surface area (Å²) < 4.78 is 1.99. The molecule has 0 unspecified atom stereocenters. The second-order valence-corrected chi connectivity index (χ2v) is 3.86. The second kappa shape index (κ2) is 4.86. The lowest BCUT2D eigenvalue weighted by atomic mass is 10.3. The Balaban J connectivity index is 2.00. The van der Waals surface area contributed by atoms with Gasteiger partial charge in [-0.2, -0.15) is 5.10 Å². The van der Waals surface area contributed by atoms with E-state index in [-0.39, 0.29) is 0 Å². The first-order valence-corrected chi connectivity index (χ1v) is 5.29. The summed E-state index contributed by atoms with van der Waals surface area (Å²) >= 11 is 5.78. The van der Waals surface area contributed by atoms with E-state index in [9.17, 15) is 0 Å². The largest absolute Gasteiger partial charge is 0.350 e. The van der Waals surface area contributed by atoms with Crippen LogP contribution in [0.15, 0.2) is 47.7 Å². The molecule has 0 radical (unpaired) electrons. The summed E-state index contributed by atoms with van der Waals surface area (Å²) in [6.45, 7) is 0. The number of aryl methyl sites for hydroxylation is 1. The van der Waals surface area contributed by atoms with Gasteiger partial charge in [0.15, 0.2) is 0 Å². The lowest BCUT2D eigenvalue weighted by molar-refractivity contribution is 0.918. The van der Waals surface area contributed by atoms with Gasteiger partial charge in [-0.15, -0.1) is 0 Å². The fourth-order valence-corrected chi connectivity index (χ4v) is 1.43. The van der Waals surface area contributed by atoms with Gasteiger partial charge in [0.25, 0.3) is 0 Å². The first kappa shape index (κ1) is 10.8. The molecule has 2 rings (SSSR count). The number of nitrogens with one attached hydrogen (secondary N) is 1. The molecule has 3 nitrogen and oxygen atoms in total. The van der Waals surface area contributed by atoms with Gasteiger partial charge in [0.2, 0.25) is 0 Å². The maximum Gasteiger partial charge on any atom is 0.0709 e. The highest BCUT2D eigenvalue weighted by atomic mass is 35.5. The summed E-state index contributed by atoms with van der Waals surface area (Å²) in [5, 5.41) is 4.86. The minimum absolute atomic E-state index is 0.719. The van der Waals surface area contributed by atoms with Crippen LogP contribution in [0, 0.1) is 0 Å². The number of rotatable bonds is 3. The monoisotopic (exact) mass is 233 g/mol. The van der Waals surface area contributed by atoms with Gasteiger partial charge in [-0.1, -0.05) is 11.6 Å². The van der Waals surface area contributed by atoms with Crippen LogP contribution in [-0.4, -0.2) is 10.8 Å². The molecule has 1 aromatic carbocycles. The molecule has 82 valence electrons. The van der Waals surface area contributed by atoms with Crippen molar-refractivity contribution in [3.63, 3.8) is 0 Å². The van der Waals surface area contributed by atoms with Crippen molar-refractivity contribution in [1.82, 2.24) is 4.57 Å². The van der Waals surface area contributed by atoms with Gasteiger partial charge in [0, 0.05) is 18.3 Å². The standard InChI is InChI=1S/C12H12ClN3/c1-16-8-2-3-12(16)9-14-15-11-6-4-10(13)5-7-11/h2-9,15H,1H3/b14-9+. The van der Waals surface area contributed by atoms with Gasteiger partial charge in [-0.3, -0.25) is 5.43 Å². The van der Waals surface area contributed by atoms with E-state index in [0.29, 0.717) is 0 Å². The minimum Gasteiger partial charge on any atom is -0.350 e. The Hall–Kier alpha value is -1.74. The molecule has 0 saturated carbocycles. The number of halogens is 1. The van der Waals surface area contributed by atoms with E-state index in [0.717, 1.165) is 16.4 Å². The minimum atomic E-state index is 0.719. The fourth-order valence-electron chi connectivity index (χ4n) is 1.31. The number of hydrogen-bond acceptors (Lipinski definition) is 2. The zero-order valence-corrected chi connectivity index (χ0v) is 9.65. The van der Waals surface area contributed by atoms with E-state index in [4.69, 9.17) is 11.6 Å². The molecule has 0 bridgehead atoms. The highest BCUT2D eigenvalue weighted by Crippen LogP contribution is 2.13. The van der Waals surface area contributed by atoms with Crippen molar-refractivity contribution in [3.8, 4) is 0 Å². The molecule has 0 amide bonds. The van der Waals surface area contributed by atoms with Crippen LogP contribution in [0.25, 0.3) is 0 Å². The summed E-state index contributed by atoms with van der Waals surface area (Å²) in [6.07, 6.45) is 3.75. The van der Waals surface area contributed by atoms with Crippen LogP contribution in [0.5, 0.6) is 0 Å². The molecule has 4 heteroatoms. The molecule has 0 saturated heterocycles. The molecule has 0 atom stereocenters. The summed E-state index contributed by atoms with van der Waals surface area (Å²) in [5.41, 5.74) is 4.89. The number of nitrogens with zero attached hydrogens (tertiary/aromatic N) is 2. The average molecular weight is 234 g/mol. The van der Waals surface area contributed by atoms with Gasteiger partial charge in [0.05, 0.1) is 17.6 Å².